The topological polar surface area (TPSA) is 0 Å². The van der Waals surface area contributed by atoms with Crippen LogP contribution in [-0.2, 0) is 0 Å². The molecule has 0 atom stereocenters. The molecule has 0 fully saturated rings. The first-order valence-electron chi connectivity index (χ1n) is 5.23. The molecule has 64 valence electrons. The zero-order valence-corrected chi connectivity index (χ0v) is 9.39. The fraction of sp³-hybridized carbons (Fsp3) is 1.00. The molecule has 0 aromatic heterocycles. The summed E-state index contributed by atoms with van der Waals surface area (Å²) in [5.74, 6) is 0. The van der Waals surface area contributed by atoms with Gasteiger partial charge < -0.3 is 0 Å². The van der Waals surface area contributed by atoms with Gasteiger partial charge in [-0.05, 0) is 0 Å². The van der Waals surface area contributed by atoms with E-state index < -0.39 is 0 Å². The van der Waals surface area contributed by atoms with Gasteiger partial charge in [0.15, 0.2) is 0 Å². The van der Waals surface area contributed by atoms with E-state index in [-0.39, 0.29) is 0 Å². The van der Waals surface area contributed by atoms with Gasteiger partial charge in [-0.1, -0.05) is 0 Å². The van der Waals surface area contributed by atoms with E-state index in [1.54, 1.807) is 10.6 Å². The van der Waals surface area contributed by atoms with Gasteiger partial charge in [0.25, 0.3) is 0 Å². The van der Waals surface area contributed by atoms with Crippen LogP contribution in [0.25, 0.3) is 0 Å². The van der Waals surface area contributed by atoms with E-state index in [2.05, 4.69) is 13.8 Å². The van der Waals surface area contributed by atoms with E-state index >= 15 is 0 Å². The summed E-state index contributed by atoms with van der Waals surface area (Å²) in [4.78, 5) is 0. The summed E-state index contributed by atoms with van der Waals surface area (Å²) in [7, 11) is 0. The van der Waals surface area contributed by atoms with E-state index in [9.17, 15) is 0 Å². The first kappa shape index (κ1) is 11.5. The molecule has 0 spiro atoms. The van der Waals surface area contributed by atoms with Crippen LogP contribution in [-0.4, -0.2) is 15.2 Å². The molecule has 11 heavy (non-hydrogen) atoms. The van der Waals surface area contributed by atoms with Crippen molar-refractivity contribution in [2.45, 2.75) is 62.9 Å². The molecule has 0 saturated heterocycles. The van der Waals surface area contributed by atoms with Crippen LogP contribution in [0.5, 0.6) is 0 Å². The average Bonchev–Trinajstić information content (AvgIpc) is 2.03. The third-order valence-corrected chi connectivity index (χ3v) is 3.66. The minimum atomic E-state index is 0.811. The van der Waals surface area contributed by atoms with Crippen molar-refractivity contribution < 1.29 is 0 Å². The molecule has 0 bridgehead atoms. The van der Waals surface area contributed by atoms with Crippen molar-refractivity contribution in [1.29, 1.82) is 0 Å². The Morgan fingerprint density at radius 2 is 1.36 bits per heavy atom. The molecule has 0 rings (SSSR count). The molecule has 0 N–H and O–H groups in total. The van der Waals surface area contributed by atoms with Gasteiger partial charge in [-0.15, -0.1) is 0 Å². The molecule has 0 saturated carbocycles. The third-order valence-electron chi connectivity index (χ3n) is 2.02. The summed E-state index contributed by atoms with van der Waals surface area (Å²) in [5.41, 5.74) is 0. The average molecular weight is 169 g/mol. The van der Waals surface area contributed by atoms with Crippen LogP contribution in [0.3, 0.4) is 0 Å². The quantitative estimate of drug-likeness (QED) is 0.382. The molecule has 1 heteroatoms. The van der Waals surface area contributed by atoms with Crippen LogP contribution in [0.4, 0.5) is 0 Å². The maximum atomic E-state index is 2.29. The Morgan fingerprint density at radius 1 is 0.727 bits per heavy atom. The van der Waals surface area contributed by atoms with Gasteiger partial charge in [0.1, 0.15) is 0 Å². The van der Waals surface area contributed by atoms with E-state index in [1.807, 2.05) is 0 Å². The van der Waals surface area contributed by atoms with Crippen molar-refractivity contribution in [1.82, 2.24) is 0 Å². The Hall–Kier alpha value is 0.532. The normalized spacial score (nSPS) is 9.64. The zero-order valence-electron chi connectivity index (χ0n) is 8.23. The Labute approximate surface area is 78.5 Å². The predicted octanol–water partition coefficient (Wildman–Crippen LogP) is 3.91. The van der Waals surface area contributed by atoms with Crippen LogP contribution in [0.2, 0.25) is 10.6 Å². The fourth-order valence-corrected chi connectivity index (χ4v) is 2.77. The molecule has 0 aromatic rings. The number of rotatable bonds is 8. The molecule has 0 nitrogen and oxygen atoms in total. The van der Waals surface area contributed by atoms with Gasteiger partial charge in [-0.25, -0.2) is 0 Å². The number of hydrogen-bond donors (Lipinski definition) is 0. The summed E-state index contributed by atoms with van der Waals surface area (Å²) in [6, 6.07) is 0. The van der Waals surface area contributed by atoms with Gasteiger partial charge in [0.05, 0.1) is 0 Å². The van der Waals surface area contributed by atoms with Crippen molar-refractivity contribution in [3.8, 4) is 0 Å². The van der Waals surface area contributed by atoms with E-state index in [0.717, 1.165) is 15.2 Å². The Bertz CT molecular complexity index is 53.9. The summed E-state index contributed by atoms with van der Waals surface area (Å²) >= 11 is 0.811. The fourth-order valence-electron chi connectivity index (χ4n) is 1.21. The van der Waals surface area contributed by atoms with Gasteiger partial charge in [0, 0.05) is 0 Å². The molecule has 0 aromatic carbocycles. The Morgan fingerprint density at radius 3 is 2.00 bits per heavy atom. The second-order valence-electron chi connectivity index (χ2n) is 3.28. The molecule has 0 aliphatic carbocycles. The molecular formula is C10H22Al+. The van der Waals surface area contributed by atoms with Crippen LogP contribution in [0.15, 0.2) is 0 Å². The van der Waals surface area contributed by atoms with E-state index in [4.69, 9.17) is 0 Å². The molecule has 0 aliphatic heterocycles. The van der Waals surface area contributed by atoms with Gasteiger partial charge in [-0.2, -0.15) is 0 Å². The molecule has 0 amide bonds. The second-order valence-corrected chi connectivity index (χ2v) is 5.01. The maximum absolute atomic E-state index is 2.29. The van der Waals surface area contributed by atoms with E-state index in [0.29, 0.717) is 0 Å². The molecule has 0 heterocycles. The Kier molecular flexibility index (Phi) is 11.0. The number of unbranched alkanes of at least 4 members (excludes halogenated alkanes) is 4. The van der Waals surface area contributed by atoms with Crippen molar-refractivity contribution in [2.75, 3.05) is 0 Å². The SMILES string of the molecule is CCCCC[CH2][Al+][CH2]CCC. The third kappa shape index (κ3) is 10.5. The van der Waals surface area contributed by atoms with Crippen molar-refractivity contribution >= 4 is 15.2 Å². The minimum absolute atomic E-state index is 0.811. The van der Waals surface area contributed by atoms with Gasteiger partial charge >= 0.3 is 78.2 Å². The van der Waals surface area contributed by atoms with Crippen LogP contribution < -0.4 is 0 Å². The zero-order chi connectivity index (χ0) is 8.36. The summed E-state index contributed by atoms with van der Waals surface area (Å²) in [6.07, 6.45) is 8.69. The first-order valence-corrected chi connectivity index (χ1v) is 6.86. The van der Waals surface area contributed by atoms with Crippen molar-refractivity contribution in [3.63, 3.8) is 0 Å². The molecule has 0 radical (unpaired) electrons. The van der Waals surface area contributed by atoms with E-state index in [1.165, 1.54) is 38.5 Å². The van der Waals surface area contributed by atoms with Crippen LogP contribution in [0, 0.1) is 0 Å². The number of hydrogen-bond acceptors (Lipinski definition) is 0. The summed E-state index contributed by atoms with van der Waals surface area (Å²) in [6.45, 7) is 4.57. The van der Waals surface area contributed by atoms with Crippen LogP contribution in [0.1, 0.15) is 52.4 Å². The monoisotopic (exact) mass is 169 g/mol. The Balaban J connectivity index is 2.69. The summed E-state index contributed by atoms with van der Waals surface area (Å²) < 4.78 is 0. The van der Waals surface area contributed by atoms with Gasteiger partial charge in [-0.3, -0.25) is 0 Å². The predicted molar refractivity (Wildman–Crippen MR) is 54.4 cm³/mol. The summed E-state index contributed by atoms with van der Waals surface area (Å²) in [5, 5.41) is 3.10. The van der Waals surface area contributed by atoms with Crippen molar-refractivity contribution in [3.05, 3.63) is 0 Å². The second kappa shape index (κ2) is 10.5. The van der Waals surface area contributed by atoms with Crippen molar-refractivity contribution in [2.24, 2.45) is 0 Å². The molecule has 0 aliphatic rings. The standard InChI is InChI=1S/C6H13.C4H9.Al/c1-3-5-6-4-2;1-3-4-2;/h1,3-6H2,2H3;1,3-4H2,2H3;/q;;+1. The van der Waals surface area contributed by atoms with Gasteiger partial charge in [0.2, 0.25) is 0 Å². The molecular weight excluding hydrogens is 147 g/mol. The van der Waals surface area contributed by atoms with Crippen LogP contribution >= 0.6 is 0 Å². The first-order chi connectivity index (χ1) is 5.41. The molecule has 0 unspecified atom stereocenters.